The van der Waals surface area contributed by atoms with Crippen LogP contribution in [-0.2, 0) is 0 Å². The molecule has 0 nitrogen and oxygen atoms in total. The summed E-state index contributed by atoms with van der Waals surface area (Å²) >= 11 is 0. The van der Waals surface area contributed by atoms with Gasteiger partial charge in [-0.05, 0) is 79.6 Å². The molecule has 0 saturated heterocycles. The zero-order valence-corrected chi connectivity index (χ0v) is 13.7. The van der Waals surface area contributed by atoms with Gasteiger partial charge in [-0.1, -0.05) is 32.0 Å². The molecule has 0 spiro atoms. The van der Waals surface area contributed by atoms with Crippen molar-refractivity contribution in [1.82, 2.24) is 0 Å². The topological polar surface area (TPSA) is 0 Å². The maximum absolute atomic E-state index is 13.5. The normalized spacial score (nSPS) is 10.0. The summed E-state index contributed by atoms with van der Waals surface area (Å²) < 4.78 is 13.5. The second-order valence-electron chi connectivity index (χ2n) is 5.02. The predicted octanol–water partition coefficient (Wildman–Crippen LogP) is 6.06. The maximum Gasteiger partial charge on any atom is 0.126 e. The van der Waals surface area contributed by atoms with E-state index >= 15 is 0 Å². The largest absolute Gasteiger partial charge is 0.207 e. The molecule has 2 aromatic rings. The first-order valence-electron chi connectivity index (χ1n) is 7.26. The van der Waals surface area contributed by atoms with Crippen LogP contribution in [0.25, 0.3) is 11.1 Å². The van der Waals surface area contributed by atoms with Gasteiger partial charge in [0, 0.05) is 0 Å². The molecule has 20 heavy (non-hydrogen) atoms. The molecule has 1 heteroatoms. The van der Waals surface area contributed by atoms with E-state index < -0.39 is 0 Å². The second kappa shape index (κ2) is 6.69. The van der Waals surface area contributed by atoms with E-state index in [0.29, 0.717) is 0 Å². The van der Waals surface area contributed by atoms with Gasteiger partial charge in [0.2, 0.25) is 0 Å². The van der Waals surface area contributed by atoms with Crippen LogP contribution in [-0.4, -0.2) is 0 Å². The van der Waals surface area contributed by atoms with Gasteiger partial charge in [-0.3, -0.25) is 0 Å². The van der Waals surface area contributed by atoms with Crippen molar-refractivity contribution in [2.45, 2.75) is 48.5 Å². The molecule has 0 unspecified atom stereocenters. The summed E-state index contributed by atoms with van der Waals surface area (Å²) in [7, 11) is 0. The third-order valence-electron chi connectivity index (χ3n) is 4.07. The fourth-order valence-electron chi connectivity index (χ4n) is 2.33. The number of rotatable bonds is 1. The van der Waals surface area contributed by atoms with Crippen molar-refractivity contribution in [3.05, 3.63) is 57.9 Å². The Labute approximate surface area is 122 Å². The van der Waals surface area contributed by atoms with Gasteiger partial charge in [0.15, 0.2) is 0 Å². The Morgan fingerprint density at radius 2 is 1.05 bits per heavy atom. The summed E-state index contributed by atoms with van der Waals surface area (Å²) in [5, 5.41) is 0. The van der Waals surface area contributed by atoms with Crippen LogP contribution >= 0.6 is 0 Å². The Morgan fingerprint density at radius 1 is 0.600 bits per heavy atom. The Balaban J connectivity index is 0.000000956. The molecule has 0 fully saturated rings. The van der Waals surface area contributed by atoms with Crippen molar-refractivity contribution in [3.63, 3.8) is 0 Å². The molecule has 0 bridgehead atoms. The number of hydrogen-bond acceptors (Lipinski definition) is 0. The molecule has 108 valence electrons. The number of hydrogen-bond donors (Lipinski definition) is 0. The van der Waals surface area contributed by atoms with Crippen LogP contribution in [0.4, 0.5) is 4.39 Å². The van der Waals surface area contributed by atoms with Crippen LogP contribution in [0.1, 0.15) is 41.7 Å². The molecule has 0 saturated carbocycles. The lowest BCUT2D eigenvalue weighted by molar-refractivity contribution is 0.617. The number of aryl methyl sites for hydroxylation is 1. The summed E-state index contributed by atoms with van der Waals surface area (Å²) in [4.78, 5) is 0. The van der Waals surface area contributed by atoms with E-state index in [-0.39, 0.29) is 5.82 Å². The minimum absolute atomic E-state index is 0.127. The van der Waals surface area contributed by atoms with E-state index in [2.05, 4.69) is 32.9 Å². The zero-order chi connectivity index (χ0) is 15.4. The molecule has 0 N–H and O–H groups in total. The first-order chi connectivity index (χ1) is 9.43. The molecule has 0 aliphatic heterocycles. The monoisotopic (exact) mass is 272 g/mol. The standard InChI is InChI=1S/C17H19F.C2H6/c1-10-6-7-15(12(3)11(10)2)16-8-9-17(18)14(5)13(16)4;1-2/h6-9H,1-5H3;1-2H3. The highest BCUT2D eigenvalue weighted by molar-refractivity contribution is 5.73. The Hall–Kier alpha value is -1.63. The molecule has 0 aliphatic carbocycles. The Bertz CT molecular complexity index is 554. The van der Waals surface area contributed by atoms with Crippen molar-refractivity contribution in [3.8, 4) is 11.1 Å². The van der Waals surface area contributed by atoms with E-state index in [9.17, 15) is 4.39 Å². The minimum Gasteiger partial charge on any atom is -0.207 e. The highest BCUT2D eigenvalue weighted by Gasteiger charge is 2.11. The third-order valence-corrected chi connectivity index (χ3v) is 4.07. The minimum atomic E-state index is -0.127. The van der Waals surface area contributed by atoms with Crippen molar-refractivity contribution in [2.75, 3.05) is 0 Å². The van der Waals surface area contributed by atoms with E-state index in [1.807, 2.05) is 33.8 Å². The average Bonchev–Trinajstić information content (AvgIpc) is 2.46. The van der Waals surface area contributed by atoms with Gasteiger partial charge in [0.05, 0.1) is 0 Å². The lowest BCUT2D eigenvalue weighted by Gasteiger charge is -2.15. The van der Waals surface area contributed by atoms with Gasteiger partial charge in [-0.15, -0.1) is 0 Å². The fourth-order valence-corrected chi connectivity index (χ4v) is 2.33. The van der Waals surface area contributed by atoms with Crippen LogP contribution in [0.2, 0.25) is 0 Å². The van der Waals surface area contributed by atoms with E-state index in [1.54, 1.807) is 6.07 Å². The Morgan fingerprint density at radius 3 is 1.60 bits per heavy atom. The molecule has 2 aromatic carbocycles. The highest BCUT2D eigenvalue weighted by atomic mass is 19.1. The molecule has 0 aliphatic rings. The van der Waals surface area contributed by atoms with Crippen LogP contribution in [0, 0.1) is 40.4 Å². The predicted molar refractivity (Wildman–Crippen MR) is 86.9 cm³/mol. The van der Waals surface area contributed by atoms with E-state index in [1.165, 1.54) is 22.3 Å². The van der Waals surface area contributed by atoms with Crippen LogP contribution < -0.4 is 0 Å². The number of halogens is 1. The molecular formula is C19H25F. The summed E-state index contributed by atoms with van der Waals surface area (Å²) in [5.41, 5.74) is 8.01. The quantitative estimate of drug-likeness (QED) is 0.592. The Kier molecular flexibility index (Phi) is 5.50. The fraction of sp³-hybridized carbons (Fsp3) is 0.368. The van der Waals surface area contributed by atoms with Gasteiger partial charge in [-0.2, -0.15) is 0 Å². The lowest BCUT2D eigenvalue weighted by atomic mass is 9.90. The van der Waals surface area contributed by atoms with Crippen molar-refractivity contribution in [1.29, 1.82) is 0 Å². The van der Waals surface area contributed by atoms with Gasteiger partial charge in [-0.25, -0.2) is 4.39 Å². The second-order valence-corrected chi connectivity index (χ2v) is 5.02. The third kappa shape index (κ3) is 2.92. The van der Waals surface area contributed by atoms with Crippen molar-refractivity contribution >= 4 is 0 Å². The smallest absolute Gasteiger partial charge is 0.126 e. The molecule has 0 heterocycles. The van der Waals surface area contributed by atoms with Crippen molar-refractivity contribution < 1.29 is 4.39 Å². The molecular weight excluding hydrogens is 247 g/mol. The summed E-state index contributed by atoms with van der Waals surface area (Å²) in [6.45, 7) is 14.2. The molecule has 0 atom stereocenters. The average molecular weight is 272 g/mol. The molecule has 0 amide bonds. The molecule has 0 aromatic heterocycles. The van der Waals surface area contributed by atoms with Crippen molar-refractivity contribution in [2.24, 2.45) is 0 Å². The number of benzene rings is 2. The van der Waals surface area contributed by atoms with Crippen LogP contribution in [0.15, 0.2) is 24.3 Å². The summed E-state index contributed by atoms with van der Waals surface area (Å²) in [5.74, 6) is -0.127. The summed E-state index contributed by atoms with van der Waals surface area (Å²) in [6.07, 6.45) is 0. The first-order valence-corrected chi connectivity index (χ1v) is 7.26. The van der Waals surface area contributed by atoms with E-state index in [4.69, 9.17) is 0 Å². The molecule has 0 radical (unpaired) electrons. The highest BCUT2D eigenvalue weighted by Crippen LogP contribution is 2.31. The van der Waals surface area contributed by atoms with Gasteiger partial charge in [0.1, 0.15) is 5.82 Å². The van der Waals surface area contributed by atoms with Crippen LogP contribution in [0.5, 0.6) is 0 Å². The SMILES string of the molecule is CC.Cc1ccc(-c2ccc(F)c(C)c2C)c(C)c1C. The first kappa shape index (κ1) is 16.4. The van der Waals surface area contributed by atoms with E-state index in [0.717, 1.165) is 16.7 Å². The van der Waals surface area contributed by atoms with Crippen LogP contribution in [0.3, 0.4) is 0 Å². The van der Waals surface area contributed by atoms with Gasteiger partial charge < -0.3 is 0 Å². The zero-order valence-electron chi connectivity index (χ0n) is 13.7. The molecule has 2 rings (SSSR count). The summed E-state index contributed by atoms with van der Waals surface area (Å²) in [6, 6.07) is 7.72. The van der Waals surface area contributed by atoms with Gasteiger partial charge in [0.25, 0.3) is 0 Å². The lowest BCUT2D eigenvalue weighted by Crippen LogP contribution is -1.95. The maximum atomic E-state index is 13.5. The van der Waals surface area contributed by atoms with Gasteiger partial charge >= 0.3 is 0 Å².